The summed E-state index contributed by atoms with van der Waals surface area (Å²) < 4.78 is 36.9. The number of hydrogen-bond donors (Lipinski definition) is 1. The Labute approximate surface area is 105 Å². The van der Waals surface area contributed by atoms with Crippen molar-refractivity contribution in [1.82, 2.24) is 0 Å². The number of aliphatic hydroxyl groups is 1. The van der Waals surface area contributed by atoms with Crippen LogP contribution in [0.15, 0.2) is 24.3 Å². The lowest BCUT2D eigenvalue weighted by molar-refractivity contribution is -0.154. The molecule has 1 rings (SSSR count). The maximum Gasteiger partial charge on any atom is 0.391 e. The van der Waals surface area contributed by atoms with E-state index in [1.807, 2.05) is 18.7 Å². The number of aliphatic hydroxyl groups excluding tert-OH is 1. The molecule has 0 saturated carbocycles. The lowest BCUT2D eigenvalue weighted by Crippen LogP contribution is -2.24. The number of benzene rings is 1. The zero-order valence-electron chi connectivity index (χ0n) is 10.5. The van der Waals surface area contributed by atoms with Gasteiger partial charge in [0.2, 0.25) is 0 Å². The Hall–Kier alpha value is -1.23. The first-order chi connectivity index (χ1) is 8.39. The summed E-state index contributed by atoms with van der Waals surface area (Å²) in [7, 11) is 0. The zero-order valence-corrected chi connectivity index (χ0v) is 10.5. The highest BCUT2D eigenvalue weighted by Crippen LogP contribution is 2.34. The van der Waals surface area contributed by atoms with Gasteiger partial charge in [0.25, 0.3) is 0 Å². The van der Waals surface area contributed by atoms with Crippen LogP contribution in [0.1, 0.15) is 31.9 Å². The van der Waals surface area contributed by atoms with Crippen molar-refractivity contribution >= 4 is 5.69 Å². The molecule has 2 nitrogen and oxygen atoms in total. The van der Waals surface area contributed by atoms with E-state index in [1.165, 1.54) is 0 Å². The second-order valence-corrected chi connectivity index (χ2v) is 4.07. The van der Waals surface area contributed by atoms with Crippen molar-refractivity contribution in [2.75, 3.05) is 18.0 Å². The van der Waals surface area contributed by atoms with Crippen molar-refractivity contribution in [1.29, 1.82) is 0 Å². The quantitative estimate of drug-likeness (QED) is 0.876. The first kappa shape index (κ1) is 14.8. The molecule has 0 bridgehead atoms. The highest BCUT2D eigenvalue weighted by atomic mass is 19.4. The van der Waals surface area contributed by atoms with E-state index in [4.69, 9.17) is 0 Å². The molecular formula is C13H18F3NO. The highest BCUT2D eigenvalue weighted by molar-refractivity contribution is 5.54. The molecule has 0 heterocycles. The van der Waals surface area contributed by atoms with Gasteiger partial charge < -0.3 is 10.0 Å². The van der Waals surface area contributed by atoms with Gasteiger partial charge in [0, 0.05) is 24.3 Å². The highest BCUT2D eigenvalue weighted by Gasteiger charge is 2.32. The van der Waals surface area contributed by atoms with E-state index in [-0.39, 0.29) is 0 Å². The van der Waals surface area contributed by atoms with E-state index in [0.29, 0.717) is 24.3 Å². The molecule has 0 fully saturated rings. The maximum atomic E-state index is 12.3. The number of alkyl halides is 3. The van der Waals surface area contributed by atoms with Gasteiger partial charge >= 0.3 is 6.18 Å². The molecule has 1 N–H and O–H groups in total. The molecule has 0 amide bonds. The number of para-hydroxylation sites is 1. The lowest BCUT2D eigenvalue weighted by Gasteiger charge is -2.26. The van der Waals surface area contributed by atoms with Crippen molar-refractivity contribution in [2.24, 2.45) is 0 Å². The van der Waals surface area contributed by atoms with Crippen molar-refractivity contribution in [3.05, 3.63) is 29.8 Å². The minimum Gasteiger partial charge on any atom is -0.388 e. The molecule has 0 aliphatic rings. The third kappa shape index (κ3) is 3.91. The van der Waals surface area contributed by atoms with Crippen LogP contribution < -0.4 is 4.90 Å². The van der Waals surface area contributed by atoms with Gasteiger partial charge in [0.1, 0.15) is 0 Å². The SMILES string of the molecule is CCN(CC)c1ccccc1C(O)CC(F)(F)F. The normalized spacial score (nSPS) is 13.4. The van der Waals surface area contributed by atoms with E-state index in [1.54, 1.807) is 24.3 Å². The minimum absolute atomic E-state index is 0.332. The van der Waals surface area contributed by atoms with Crippen LogP contribution in [0.5, 0.6) is 0 Å². The summed E-state index contributed by atoms with van der Waals surface area (Å²) >= 11 is 0. The second kappa shape index (κ2) is 6.09. The monoisotopic (exact) mass is 261 g/mol. The van der Waals surface area contributed by atoms with Crippen molar-refractivity contribution in [2.45, 2.75) is 32.5 Å². The topological polar surface area (TPSA) is 23.5 Å². The predicted octanol–water partition coefficient (Wildman–Crippen LogP) is 3.52. The van der Waals surface area contributed by atoms with Crippen LogP contribution in [0.4, 0.5) is 18.9 Å². The van der Waals surface area contributed by atoms with Crippen molar-refractivity contribution in [3.8, 4) is 0 Å². The molecule has 18 heavy (non-hydrogen) atoms. The van der Waals surface area contributed by atoms with E-state index < -0.39 is 18.7 Å². The smallest absolute Gasteiger partial charge is 0.388 e. The van der Waals surface area contributed by atoms with Crippen LogP contribution in [-0.4, -0.2) is 24.4 Å². The van der Waals surface area contributed by atoms with E-state index >= 15 is 0 Å². The molecular weight excluding hydrogens is 243 g/mol. The van der Waals surface area contributed by atoms with Gasteiger partial charge in [-0.1, -0.05) is 18.2 Å². The lowest BCUT2D eigenvalue weighted by atomic mass is 10.0. The third-order valence-electron chi connectivity index (χ3n) is 2.82. The maximum absolute atomic E-state index is 12.3. The standard InChI is InChI=1S/C13H18F3NO/c1-3-17(4-2)11-8-6-5-7-10(11)12(18)9-13(14,15)16/h5-8,12,18H,3-4,9H2,1-2H3. The summed E-state index contributed by atoms with van der Waals surface area (Å²) in [4.78, 5) is 1.93. The molecule has 0 saturated heterocycles. The van der Waals surface area contributed by atoms with Crippen LogP contribution in [0, 0.1) is 0 Å². The fourth-order valence-corrected chi connectivity index (χ4v) is 1.95. The van der Waals surface area contributed by atoms with Gasteiger partial charge in [-0.05, 0) is 19.9 Å². The van der Waals surface area contributed by atoms with Crippen LogP contribution in [0.2, 0.25) is 0 Å². The summed E-state index contributed by atoms with van der Waals surface area (Å²) in [5.74, 6) is 0. The molecule has 1 unspecified atom stereocenters. The molecule has 0 aliphatic heterocycles. The van der Waals surface area contributed by atoms with Crippen LogP contribution >= 0.6 is 0 Å². The zero-order chi connectivity index (χ0) is 13.8. The summed E-state index contributed by atoms with van der Waals surface area (Å²) in [6.07, 6.45) is -7.09. The number of nitrogens with zero attached hydrogens (tertiary/aromatic N) is 1. The van der Waals surface area contributed by atoms with Gasteiger partial charge in [-0.25, -0.2) is 0 Å². The van der Waals surface area contributed by atoms with E-state index in [2.05, 4.69) is 0 Å². The fourth-order valence-electron chi connectivity index (χ4n) is 1.95. The third-order valence-corrected chi connectivity index (χ3v) is 2.82. The van der Waals surface area contributed by atoms with Crippen LogP contribution in [-0.2, 0) is 0 Å². The molecule has 5 heteroatoms. The van der Waals surface area contributed by atoms with Crippen LogP contribution in [0.25, 0.3) is 0 Å². The van der Waals surface area contributed by atoms with Gasteiger partial charge in [-0.3, -0.25) is 0 Å². The van der Waals surface area contributed by atoms with Crippen molar-refractivity contribution < 1.29 is 18.3 Å². The molecule has 0 aromatic heterocycles. The summed E-state index contributed by atoms with van der Waals surface area (Å²) in [6.45, 7) is 5.23. The summed E-state index contributed by atoms with van der Waals surface area (Å²) in [6, 6.07) is 6.69. The van der Waals surface area contributed by atoms with Gasteiger partial charge in [0.05, 0.1) is 12.5 Å². The molecule has 0 aliphatic carbocycles. The number of halogens is 3. The Morgan fingerprint density at radius 3 is 2.22 bits per heavy atom. The van der Waals surface area contributed by atoms with Crippen molar-refractivity contribution in [3.63, 3.8) is 0 Å². The first-order valence-corrected chi connectivity index (χ1v) is 5.97. The van der Waals surface area contributed by atoms with E-state index in [0.717, 1.165) is 0 Å². The summed E-state index contributed by atoms with van der Waals surface area (Å²) in [5.41, 5.74) is 0.998. The molecule has 0 radical (unpaired) electrons. The van der Waals surface area contributed by atoms with Gasteiger partial charge in [0.15, 0.2) is 0 Å². The molecule has 1 atom stereocenters. The van der Waals surface area contributed by atoms with E-state index in [9.17, 15) is 18.3 Å². The Balaban J connectivity index is 3.01. The molecule has 1 aromatic rings. The molecule has 102 valence electrons. The second-order valence-electron chi connectivity index (χ2n) is 4.07. The molecule has 1 aromatic carbocycles. The van der Waals surface area contributed by atoms with Crippen LogP contribution in [0.3, 0.4) is 0 Å². The van der Waals surface area contributed by atoms with Gasteiger partial charge in [-0.15, -0.1) is 0 Å². The average molecular weight is 261 g/mol. The average Bonchev–Trinajstić information content (AvgIpc) is 2.29. The van der Waals surface area contributed by atoms with Gasteiger partial charge in [-0.2, -0.15) is 13.2 Å². The predicted molar refractivity (Wildman–Crippen MR) is 65.6 cm³/mol. The minimum atomic E-state index is -4.37. The Morgan fingerprint density at radius 2 is 1.72 bits per heavy atom. The number of rotatable bonds is 5. The first-order valence-electron chi connectivity index (χ1n) is 5.97. The Kier molecular flexibility index (Phi) is 5.02. The molecule has 0 spiro atoms. The summed E-state index contributed by atoms with van der Waals surface area (Å²) in [5, 5.41) is 9.73. The number of hydrogen-bond acceptors (Lipinski definition) is 2. The Bertz CT molecular complexity index is 375. The largest absolute Gasteiger partial charge is 0.391 e. The fraction of sp³-hybridized carbons (Fsp3) is 0.538. The Morgan fingerprint density at radius 1 is 1.17 bits per heavy atom. The number of anilines is 1.